The van der Waals surface area contributed by atoms with Crippen LogP contribution < -0.4 is 0 Å². The number of allylic oxidation sites excluding steroid dienone is 5. The van der Waals surface area contributed by atoms with Gasteiger partial charge in [-0.2, -0.15) is 8.78 Å². The van der Waals surface area contributed by atoms with E-state index in [0.29, 0.717) is 36.4 Å². The maximum absolute atomic E-state index is 12.3. The van der Waals surface area contributed by atoms with E-state index in [1.165, 1.54) is 29.4 Å². The van der Waals surface area contributed by atoms with Crippen LogP contribution in [0, 0.1) is 17.8 Å². The van der Waals surface area contributed by atoms with Gasteiger partial charge in [0.05, 0.1) is 38.6 Å². The molecule has 3 rings (SSSR count). The lowest BCUT2D eigenvalue weighted by Gasteiger charge is -2.32. The molecule has 0 aliphatic heterocycles. The Hall–Kier alpha value is -2.87. The van der Waals surface area contributed by atoms with Crippen molar-refractivity contribution in [3.05, 3.63) is 95.2 Å². The van der Waals surface area contributed by atoms with Gasteiger partial charge in [0.1, 0.15) is 0 Å². The molecule has 0 saturated heterocycles. The number of ether oxygens (including phenoxy) is 3. The van der Waals surface area contributed by atoms with E-state index in [1.807, 2.05) is 0 Å². The summed E-state index contributed by atoms with van der Waals surface area (Å²) in [6.45, 7) is 10.6. The number of carbonyl (C=O) groups is 1. The molecule has 2 aliphatic rings. The van der Waals surface area contributed by atoms with Gasteiger partial charge < -0.3 is 19.3 Å². The van der Waals surface area contributed by atoms with Crippen molar-refractivity contribution in [3.8, 4) is 0 Å². The Kier molecular flexibility index (Phi) is 15.2. The minimum Gasteiger partial charge on any atom is -0.462 e. The standard InChI is InChI=1S/C37H50F2O5/c1-26(21-40)22-43-24-31(25-44-37(41)28(3)23-42-4)9-8-30-12-16-33(17-13-30)35-19-18-34(20-27(35)2)32-14-10-29(11-15-32)6-5-7-36(38)39/h7,12-13,16-18,20,29,31-32,35,40H,1,3,5-6,8-11,14-15,19,21-25H2,2,4H3. The topological polar surface area (TPSA) is 65.0 Å². The summed E-state index contributed by atoms with van der Waals surface area (Å²) in [7, 11) is 1.51. The van der Waals surface area contributed by atoms with E-state index in [1.54, 1.807) is 0 Å². The smallest absolute Gasteiger partial charge is 0.335 e. The fourth-order valence-corrected chi connectivity index (χ4v) is 6.20. The van der Waals surface area contributed by atoms with Crippen molar-refractivity contribution in [2.75, 3.05) is 40.1 Å². The lowest BCUT2D eigenvalue weighted by molar-refractivity contribution is -0.141. The second-order valence-corrected chi connectivity index (χ2v) is 12.4. The first-order valence-corrected chi connectivity index (χ1v) is 15.9. The van der Waals surface area contributed by atoms with E-state index in [2.05, 4.69) is 56.5 Å². The van der Waals surface area contributed by atoms with Gasteiger partial charge in [-0.15, -0.1) is 0 Å². The van der Waals surface area contributed by atoms with Gasteiger partial charge in [-0.25, -0.2) is 4.79 Å². The van der Waals surface area contributed by atoms with Gasteiger partial charge in [-0.3, -0.25) is 0 Å². The van der Waals surface area contributed by atoms with E-state index >= 15 is 0 Å². The summed E-state index contributed by atoms with van der Waals surface area (Å²) in [5, 5.41) is 9.19. The molecule has 1 saturated carbocycles. The van der Waals surface area contributed by atoms with Crippen LogP contribution in [0.15, 0.2) is 84.0 Å². The minimum atomic E-state index is -1.56. The van der Waals surface area contributed by atoms with E-state index in [4.69, 9.17) is 14.2 Å². The van der Waals surface area contributed by atoms with E-state index < -0.39 is 12.0 Å². The molecule has 5 nitrogen and oxygen atoms in total. The number of aliphatic hydroxyl groups excluding tert-OH is 1. The summed E-state index contributed by atoms with van der Waals surface area (Å²) < 4.78 is 40.9. The zero-order chi connectivity index (χ0) is 31.9. The average molecular weight is 613 g/mol. The van der Waals surface area contributed by atoms with Gasteiger partial charge in [0.25, 0.3) is 6.08 Å². The molecule has 0 radical (unpaired) electrons. The maximum atomic E-state index is 12.3. The van der Waals surface area contributed by atoms with E-state index in [9.17, 15) is 18.7 Å². The first-order chi connectivity index (χ1) is 21.2. The SMILES string of the molecule is C=C(CO)COCC(CCc1ccc(C2CC=C(C3CCC(CCC=C(F)F)CC3)C=C2C)cc1)COC(=O)C(=C)COC. The molecule has 0 heterocycles. The number of esters is 1. The van der Waals surface area contributed by atoms with Crippen LogP contribution in [0.5, 0.6) is 0 Å². The monoisotopic (exact) mass is 612 g/mol. The lowest BCUT2D eigenvalue weighted by Crippen LogP contribution is -2.22. The molecule has 0 amide bonds. The molecule has 2 aliphatic carbocycles. The summed E-state index contributed by atoms with van der Waals surface area (Å²) in [6, 6.07) is 8.82. The van der Waals surface area contributed by atoms with Crippen LogP contribution in [-0.4, -0.2) is 51.2 Å². The van der Waals surface area contributed by atoms with Crippen molar-refractivity contribution in [2.45, 2.75) is 70.6 Å². The summed E-state index contributed by atoms with van der Waals surface area (Å²) in [4.78, 5) is 12.2. The maximum Gasteiger partial charge on any atom is 0.335 e. The van der Waals surface area contributed by atoms with Gasteiger partial charge in [-0.1, -0.05) is 55.1 Å². The molecule has 1 N–H and O–H groups in total. The molecule has 242 valence electrons. The Morgan fingerprint density at radius 1 is 1.09 bits per heavy atom. The molecule has 2 atom stereocenters. The van der Waals surface area contributed by atoms with Gasteiger partial charge >= 0.3 is 5.97 Å². The number of aliphatic hydroxyl groups is 1. The summed E-state index contributed by atoms with van der Waals surface area (Å²) in [5.74, 6) is 1.02. The first-order valence-electron chi connectivity index (χ1n) is 15.9. The number of halogens is 2. The van der Waals surface area contributed by atoms with Crippen LogP contribution in [-0.2, 0) is 25.4 Å². The van der Waals surface area contributed by atoms with Crippen molar-refractivity contribution in [1.29, 1.82) is 0 Å². The molecule has 1 aromatic rings. The number of carbonyl (C=O) groups excluding carboxylic acids is 1. The van der Waals surface area contributed by atoms with Crippen LogP contribution in [0.2, 0.25) is 0 Å². The molecule has 0 spiro atoms. The lowest BCUT2D eigenvalue weighted by atomic mass is 9.73. The highest BCUT2D eigenvalue weighted by molar-refractivity contribution is 5.87. The van der Waals surface area contributed by atoms with Crippen molar-refractivity contribution >= 4 is 5.97 Å². The van der Waals surface area contributed by atoms with Crippen molar-refractivity contribution in [2.24, 2.45) is 17.8 Å². The number of methoxy groups -OCH3 is 1. The normalized spacial score (nSPS) is 20.7. The number of benzene rings is 1. The molecular weight excluding hydrogens is 562 g/mol. The van der Waals surface area contributed by atoms with Gasteiger partial charge in [-0.05, 0) is 105 Å². The molecule has 1 aromatic carbocycles. The second-order valence-electron chi connectivity index (χ2n) is 12.4. The van der Waals surface area contributed by atoms with Crippen LogP contribution >= 0.6 is 0 Å². The average Bonchev–Trinajstić information content (AvgIpc) is 3.02. The van der Waals surface area contributed by atoms with Crippen LogP contribution in [0.25, 0.3) is 0 Å². The fraction of sp³-hybridized carbons (Fsp3) is 0.541. The summed E-state index contributed by atoms with van der Waals surface area (Å²) in [5.41, 5.74) is 6.23. The highest BCUT2D eigenvalue weighted by Crippen LogP contribution is 2.41. The molecule has 1 fully saturated rings. The van der Waals surface area contributed by atoms with Crippen molar-refractivity contribution in [1.82, 2.24) is 0 Å². The Bertz CT molecular complexity index is 1170. The van der Waals surface area contributed by atoms with Crippen LogP contribution in [0.4, 0.5) is 8.78 Å². The Morgan fingerprint density at radius 2 is 1.82 bits per heavy atom. The summed E-state index contributed by atoms with van der Waals surface area (Å²) >= 11 is 0. The second kappa shape index (κ2) is 18.8. The molecule has 44 heavy (non-hydrogen) atoms. The third-order valence-electron chi connectivity index (χ3n) is 8.89. The number of hydrogen-bond acceptors (Lipinski definition) is 5. The molecule has 0 bridgehead atoms. The summed E-state index contributed by atoms with van der Waals surface area (Å²) in [6.07, 6.45) is 12.8. The minimum absolute atomic E-state index is 0.0161. The third-order valence-corrected chi connectivity index (χ3v) is 8.89. The third kappa shape index (κ3) is 11.9. The van der Waals surface area contributed by atoms with Crippen molar-refractivity contribution in [3.63, 3.8) is 0 Å². The zero-order valence-electron chi connectivity index (χ0n) is 26.5. The molecule has 0 aromatic heterocycles. The predicted molar refractivity (Wildman–Crippen MR) is 171 cm³/mol. The Balaban J connectivity index is 1.50. The molecular formula is C37H50F2O5. The van der Waals surface area contributed by atoms with Gasteiger partial charge in [0.2, 0.25) is 0 Å². The van der Waals surface area contributed by atoms with Crippen LogP contribution in [0.3, 0.4) is 0 Å². The van der Waals surface area contributed by atoms with Gasteiger partial charge in [0.15, 0.2) is 0 Å². The molecule has 7 heteroatoms. The van der Waals surface area contributed by atoms with Crippen molar-refractivity contribution < 1.29 is 32.9 Å². The van der Waals surface area contributed by atoms with Crippen LogP contribution in [0.1, 0.15) is 75.3 Å². The largest absolute Gasteiger partial charge is 0.462 e. The number of hydrogen-bond donors (Lipinski definition) is 1. The van der Waals surface area contributed by atoms with Gasteiger partial charge in [0, 0.05) is 18.9 Å². The van der Waals surface area contributed by atoms with E-state index in [0.717, 1.165) is 57.4 Å². The number of rotatable bonds is 18. The number of aryl methyl sites for hydroxylation is 1. The zero-order valence-corrected chi connectivity index (χ0v) is 26.5. The molecule has 2 unspecified atom stereocenters. The highest BCUT2D eigenvalue weighted by atomic mass is 19.3. The highest BCUT2D eigenvalue weighted by Gasteiger charge is 2.26. The first kappa shape index (κ1) is 35.6. The Morgan fingerprint density at radius 3 is 2.45 bits per heavy atom. The Labute approximate surface area is 262 Å². The fourth-order valence-electron chi connectivity index (χ4n) is 6.20. The predicted octanol–water partition coefficient (Wildman–Crippen LogP) is 8.27. The quantitative estimate of drug-likeness (QED) is 0.103. The van der Waals surface area contributed by atoms with E-state index in [-0.39, 0.29) is 37.9 Å².